The van der Waals surface area contributed by atoms with E-state index in [1.54, 1.807) is 18.3 Å². The number of aromatic nitrogens is 1. The number of rotatable bonds is 12. The molecule has 4 rings (SSSR count). The zero-order chi connectivity index (χ0) is 27.3. The molecule has 1 aliphatic rings. The van der Waals surface area contributed by atoms with Gasteiger partial charge in [0.15, 0.2) is 0 Å². The molecule has 0 aliphatic carbocycles. The first kappa shape index (κ1) is 27.4. The van der Waals surface area contributed by atoms with Crippen molar-refractivity contribution in [2.75, 3.05) is 25.2 Å². The van der Waals surface area contributed by atoms with Crippen LogP contribution in [0.2, 0.25) is 0 Å². The largest absolute Gasteiger partial charge is 0.494 e. The van der Waals surface area contributed by atoms with Crippen molar-refractivity contribution in [1.29, 1.82) is 0 Å². The number of aliphatic hydroxyl groups excluding tert-OH is 1. The highest BCUT2D eigenvalue weighted by Gasteiger charge is 2.27. The van der Waals surface area contributed by atoms with Crippen LogP contribution in [0.3, 0.4) is 0 Å². The molecule has 0 radical (unpaired) electrons. The number of carboxylic acids is 1. The van der Waals surface area contributed by atoms with Gasteiger partial charge < -0.3 is 24.4 Å². The van der Waals surface area contributed by atoms with Gasteiger partial charge in [0, 0.05) is 30.0 Å². The summed E-state index contributed by atoms with van der Waals surface area (Å²) in [6, 6.07) is 13.1. The molecule has 0 amide bonds. The number of benzene rings is 2. The highest BCUT2D eigenvalue weighted by atomic mass is 32.2. The minimum absolute atomic E-state index is 0.00674. The van der Waals surface area contributed by atoms with Crippen LogP contribution < -0.4 is 14.2 Å². The second kappa shape index (κ2) is 11.8. The third-order valence-electron chi connectivity index (χ3n) is 6.26. The molecule has 202 valence electrons. The molecule has 1 atom stereocenters. The zero-order valence-electron chi connectivity index (χ0n) is 21.3. The number of fused-ring (bicyclic) bond motifs is 1. The number of nitrogens with zero attached hydrogens (tertiary/aromatic N) is 1. The molecule has 1 unspecified atom stereocenters. The molecule has 1 aliphatic heterocycles. The Morgan fingerprint density at radius 1 is 1.18 bits per heavy atom. The molecule has 0 saturated carbocycles. The average molecular weight is 542 g/mol. The van der Waals surface area contributed by atoms with Gasteiger partial charge in [-0.2, -0.15) is 0 Å². The van der Waals surface area contributed by atoms with E-state index in [0.29, 0.717) is 36.0 Å². The van der Waals surface area contributed by atoms with Gasteiger partial charge in [0.05, 0.1) is 32.0 Å². The third kappa shape index (κ3) is 7.02. The standard InChI is InChI=1S/C28H31NO8S/c1-18-9-23(35-7-4-8-38(2,33)34)11-21(15-30)28(18)20-6-3-5-19(10-20)16-37-26-13-25-24(14-29-26)22(17-36-25)12-27(31)32/h3,5-6,9-11,13-14,22,30H,4,7-8,12,15-17H2,1-2H3,(H,31,32). The summed E-state index contributed by atoms with van der Waals surface area (Å²) in [6.07, 6.45) is 3.20. The third-order valence-corrected chi connectivity index (χ3v) is 7.29. The second-order valence-electron chi connectivity index (χ2n) is 9.42. The molecule has 2 heterocycles. The van der Waals surface area contributed by atoms with Gasteiger partial charge in [-0.3, -0.25) is 4.79 Å². The summed E-state index contributed by atoms with van der Waals surface area (Å²) in [5.41, 5.74) is 5.11. The Morgan fingerprint density at radius 3 is 2.74 bits per heavy atom. The fourth-order valence-corrected chi connectivity index (χ4v) is 5.17. The molecule has 1 aromatic heterocycles. The minimum Gasteiger partial charge on any atom is -0.494 e. The van der Waals surface area contributed by atoms with Crippen molar-refractivity contribution < 1.29 is 37.6 Å². The van der Waals surface area contributed by atoms with Crippen molar-refractivity contribution in [2.45, 2.75) is 38.9 Å². The summed E-state index contributed by atoms with van der Waals surface area (Å²) in [6.45, 7) is 2.59. The molecule has 3 aromatic rings. The molecule has 10 heteroatoms. The lowest BCUT2D eigenvalue weighted by atomic mass is 9.94. The first-order valence-electron chi connectivity index (χ1n) is 12.2. The van der Waals surface area contributed by atoms with Gasteiger partial charge in [-0.1, -0.05) is 18.2 Å². The van der Waals surface area contributed by atoms with Gasteiger partial charge in [0.2, 0.25) is 5.88 Å². The van der Waals surface area contributed by atoms with Crippen LogP contribution in [0, 0.1) is 6.92 Å². The Kier molecular flexibility index (Phi) is 8.53. The molecule has 2 N–H and O–H groups in total. The van der Waals surface area contributed by atoms with Crippen molar-refractivity contribution in [2.24, 2.45) is 0 Å². The maximum atomic E-state index is 11.3. The topological polar surface area (TPSA) is 132 Å². The molecule has 0 bridgehead atoms. The number of aryl methyl sites for hydroxylation is 1. The van der Waals surface area contributed by atoms with E-state index in [1.165, 1.54) is 6.26 Å². The predicted octanol–water partition coefficient (Wildman–Crippen LogP) is 3.89. The van der Waals surface area contributed by atoms with Crippen molar-refractivity contribution in [3.63, 3.8) is 0 Å². The van der Waals surface area contributed by atoms with E-state index < -0.39 is 15.8 Å². The number of pyridine rings is 1. The Morgan fingerprint density at radius 2 is 2.00 bits per heavy atom. The Balaban J connectivity index is 1.45. The van der Waals surface area contributed by atoms with Crippen LogP contribution in [0.4, 0.5) is 0 Å². The van der Waals surface area contributed by atoms with Crippen LogP contribution in [0.15, 0.2) is 48.7 Å². The molecular weight excluding hydrogens is 510 g/mol. The van der Waals surface area contributed by atoms with Crippen LogP contribution in [-0.2, 0) is 27.8 Å². The van der Waals surface area contributed by atoms with Gasteiger partial charge in [-0.25, -0.2) is 13.4 Å². The van der Waals surface area contributed by atoms with E-state index in [2.05, 4.69) is 4.98 Å². The van der Waals surface area contributed by atoms with Crippen LogP contribution in [-0.4, -0.2) is 54.8 Å². The normalized spacial score (nSPS) is 14.6. The van der Waals surface area contributed by atoms with Crippen molar-refractivity contribution in [3.05, 3.63) is 70.9 Å². The van der Waals surface area contributed by atoms with E-state index in [-0.39, 0.29) is 37.9 Å². The van der Waals surface area contributed by atoms with E-state index in [1.807, 2.05) is 37.3 Å². The molecule has 2 aromatic carbocycles. The van der Waals surface area contributed by atoms with E-state index in [9.17, 15) is 18.3 Å². The number of ether oxygens (including phenoxy) is 3. The number of hydrogen-bond donors (Lipinski definition) is 2. The van der Waals surface area contributed by atoms with Crippen LogP contribution in [0.1, 0.15) is 41.0 Å². The van der Waals surface area contributed by atoms with E-state index >= 15 is 0 Å². The molecule has 0 saturated heterocycles. The Labute approximate surface area is 221 Å². The second-order valence-corrected chi connectivity index (χ2v) is 11.7. The smallest absolute Gasteiger partial charge is 0.304 e. The summed E-state index contributed by atoms with van der Waals surface area (Å²) >= 11 is 0. The Hall–Kier alpha value is -3.63. The molecule has 38 heavy (non-hydrogen) atoms. The number of carboxylic acid groups (broad SMARTS) is 1. The maximum Gasteiger partial charge on any atom is 0.304 e. The highest BCUT2D eigenvalue weighted by Crippen LogP contribution is 2.37. The minimum atomic E-state index is -3.04. The Bertz CT molecular complexity index is 1420. The fourth-order valence-electron chi connectivity index (χ4n) is 4.53. The SMILES string of the molecule is Cc1cc(OCCCS(C)(=O)=O)cc(CO)c1-c1cccc(COc2cc3c(cn2)C(CC(=O)O)CO3)c1. The number of carbonyl (C=O) groups is 1. The fraction of sp³-hybridized carbons (Fsp3) is 0.357. The van der Waals surface area contributed by atoms with Gasteiger partial charge in [0.1, 0.15) is 27.9 Å². The first-order chi connectivity index (χ1) is 18.1. The van der Waals surface area contributed by atoms with Crippen LogP contribution in [0.25, 0.3) is 11.1 Å². The summed E-state index contributed by atoms with van der Waals surface area (Å²) in [7, 11) is -3.04. The van der Waals surface area contributed by atoms with Crippen LogP contribution in [0.5, 0.6) is 17.4 Å². The average Bonchev–Trinajstić information content (AvgIpc) is 3.25. The lowest BCUT2D eigenvalue weighted by Crippen LogP contribution is -2.08. The molecule has 0 fully saturated rings. The zero-order valence-corrected chi connectivity index (χ0v) is 22.2. The van der Waals surface area contributed by atoms with Gasteiger partial charge >= 0.3 is 5.97 Å². The van der Waals surface area contributed by atoms with Crippen molar-refractivity contribution >= 4 is 15.8 Å². The lowest BCUT2D eigenvalue weighted by Gasteiger charge is -2.16. The van der Waals surface area contributed by atoms with Gasteiger partial charge in [0.25, 0.3) is 0 Å². The predicted molar refractivity (Wildman–Crippen MR) is 141 cm³/mol. The van der Waals surface area contributed by atoms with Crippen molar-refractivity contribution in [3.8, 4) is 28.5 Å². The maximum absolute atomic E-state index is 11.3. The summed E-state index contributed by atoms with van der Waals surface area (Å²) < 4.78 is 39.9. The summed E-state index contributed by atoms with van der Waals surface area (Å²) in [5.74, 6) is 0.530. The number of hydrogen-bond acceptors (Lipinski definition) is 8. The summed E-state index contributed by atoms with van der Waals surface area (Å²) in [5, 5.41) is 19.1. The van der Waals surface area contributed by atoms with Crippen LogP contribution >= 0.6 is 0 Å². The molecular formula is C28H31NO8S. The lowest BCUT2D eigenvalue weighted by molar-refractivity contribution is -0.137. The van der Waals surface area contributed by atoms with Crippen molar-refractivity contribution in [1.82, 2.24) is 4.98 Å². The van der Waals surface area contributed by atoms with E-state index in [0.717, 1.165) is 27.8 Å². The van der Waals surface area contributed by atoms with E-state index in [4.69, 9.17) is 19.3 Å². The number of aliphatic hydroxyl groups is 1. The summed E-state index contributed by atoms with van der Waals surface area (Å²) in [4.78, 5) is 15.4. The van der Waals surface area contributed by atoms with Gasteiger partial charge in [-0.05, 0) is 59.4 Å². The molecule has 0 spiro atoms. The monoisotopic (exact) mass is 541 g/mol. The first-order valence-corrected chi connectivity index (χ1v) is 14.3. The molecule has 9 nitrogen and oxygen atoms in total. The number of sulfone groups is 1. The number of aliphatic carboxylic acids is 1. The highest BCUT2D eigenvalue weighted by molar-refractivity contribution is 7.90. The quantitative estimate of drug-likeness (QED) is 0.328. The van der Waals surface area contributed by atoms with Gasteiger partial charge in [-0.15, -0.1) is 0 Å².